The summed E-state index contributed by atoms with van der Waals surface area (Å²) in [6, 6.07) is 17.8. The van der Waals surface area contributed by atoms with Gasteiger partial charge in [-0.25, -0.2) is 15.0 Å². The molecule has 0 atom stereocenters. The number of fused-ring (bicyclic) bond motifs is 1. The summed E-state index contributed by atoms with van der Waals surface area (Å²) in [4.78, 5) is 25.0. The van der Waals surface area contributed by atoms with Crippen LogP contribution in [-0.2, 0) is 11.2 Å². The second kappa shape index (κ2) is 9.44. The Bertz CT molecular complexity index is 1550. The fraction of sp³-hybridized carbons (Fsp3) is 0.111. The van der Waals surface area contributed by atoms with Crippen molar-refractivity contribution in [3.8, 4) is 38.8 Å². The summed E-state index contributed by atoms with van der Waals surface area (Å²) in [5, 5.41) is 11.1. The number of aromatic nitrogens is 3. The van der Waals surface area contributed by atoms with Gasteiger partial charge in [-0.1, -0.05) is 41.9 Å². The Morgan fingerprint density at radius 2 is 1.71 bits per heavy atom. The summed E-state index contributed by atoms with van der Waals surface area (Å²) in [5.41, 5.74) is 7.11. The number of benzene rings is 3. The molecular weight excluding hydrogens is 482 g/mol. The van der Waals surface area contributed by atoms with Crippen LogP contribution >= 0.6 is 22.9 Å². The molecular formula is C27H20ClN3O3S. The zero-order chi connectivity index (χ0) is 24.5. The van der Waals surface area contributed by atoms with E-state index in [1.165, 1.54) is 7.11 Å². The van der Waals surface area contributed by atoms with Crippen LogP contribution in [-0.4, -0.2) is 33.1 Å². The second-order valence-electron chi connectivity index (χ2n) is 8.03. The van der Waals surface area contributed by atoms with Crippen LogP contribution in [0.15, 0.2) is 67.0 Å². The number of aryl methyl sites for hydroxylation is 1. The van der Waals surface area contributed by atoms with Crippen molar-refractivity contribution in [1.82, 2.24) is 15.0 Å². The van der Waals surface area contributed by atoms with E-state index in [4.69, 9.17) is 21.3 Å². The average molecular weight is 502 g/mol. The molecule has 0 amide bonds. The fourth-order valence-electron chi connectivity index (χ4n) is 4.06. The maximum absolute atomic E-state index is 11.7. The highest BCUT2D eigenvalue weighted by molar-refractivity contribution is 7.22. The van der Waals surface area contributed by atoms with Crippen LogP contribution in [0.5, 0.6) is 6.01 Å². The predicted molar refractivity (Wildman–Crippen MR) is 139 cm³/mol. The van der Waals surface area contributed by atoms with Crippen molar-refractivity contribution < 1.29 is 14.6 Å². The predicted octanol–water partition coefficient (Wildman–Crippen LogP) is 6.68. The smallest absolute Gasteiger partial charge is 0.316 e. The molecule has 0 aliphatic carbocycles. The van der Waals surface area contributed by atoms with Gasteiger partial charge in [0.1, 0.15) is 5.01 Å². The van der Waals surface area contributed by atoms with Crippen LogP contribution in [0, 0.1) is 6.92 Å². The van der Waals surface area contributed by atoms with E-state index in [0.29, 0.717) is 11.0 Å². The number of thiazole rings is 1. The highest BCUT2D eigenvalue weighted by atomic mass is 35.5. The number of carboxylic acids is 1. The zero-order valence-electron chi connectivity index (χ0n) is 18.9. The molecule has 35 heavy (non-hydrogen) atoms. The van der Waals surface area contributed by atoms with E-state index in [1.807, 2.05) is 55.5 Å². The number of ether oxygens (including phenoxy) is 1. The number of carbonyl (C=O) groups is 1. The van der Waals surface area contributed by atoms with Crippen molar-refractivity contribution in [3.63, 3.8) is 0 Å². The highest BCUT2D eigenvalue weighted by Gasteiger charge is 2.19. The van der Waals surface area contributed by atoms with Crippen LogP contribution < -0.4 is 4.74 Å². The molecule has 0 radical (unpaired) electrons. The summed E-state index contributed by atoms with van der Waals surface area (Å²) in [6.07, 6.45) is 3.38. The third kappa shape index (κ3) is 4.60. The molecule has 0 saturated carbocycles. The summed E-state index contributed by atoms with van der Waals surface area (Å²) in [7, 11) is 1.53. The van der Waals surface area contributed by atoms with Gasteiger partial charge < -0.3 is 9.84 Å². The lowest BCUT2D eigenvalue weighted by Crippen LogP contribution is -2.04. The molecule has 0 bridgehead atoms. The maximum atomic E-state index is 11.7. The van der Waals surface area contributed by atoms with Crippen molar-refractivity contribution in [2.45, 2.75) is 13.3 Å². The Balaban J connectivity index is 1.66. The first-order valence-corrected chi connectivity index (χ1v) is 12.0. The molecule has 0 spiro atoms. The number of rotatable bonds is 6. The normalized spacial score (nSPS) is 11.1. The number of halogens is 1. The number of methoxy groups -OCH3 is 1. The van der Waals surface area contributed by atoms with E-state index in [9.17, 15) is 9.90 Å². The Morgan fingerprint density at radius 1 is 1.00 bits per heavy atom. The minimum atomic E-state index is -0.873. The summed E-state index contributed by atoms with van der Waals surface area (Å²) in [5.74, 6) is -0.873. The minimum absolute atomic E-state index is 0.0695. The molecule has 0 aliphatic rings. The molecule has 5 rings (SSSR count). The Labute approximate surface area is 210 Å². The molecule has 2 aromatic heterocycles. The minimum Gasteiger partial charge on any atom is -0.481 e. The molecule has 0 fully saturated rings. The fourth-order valence-corrected chi connectivity index (χ4v) is 5.32. The standard InChI is InChI=1S/C27H20ClN3O3S/c1-15-10-22-25(24(21(15)12-23(32)33)16-6-8-20(28)9-7-16)35-26(31-22)18-5-3-4-17(11-18)19-13-29-27(34-2)30-14-19/h3-11,13-14H,12H2,1-2H3,(H,32,33). The van der Waals surface area contributed by atoms with E-state index in [2.05, 4.69) is 16.0 Å². The van der Waals surface area contributed by atoms with Crippen LogP contribution in [0.25, 0.3) is 43.0 Å². The van der Waals surface area contributed by atoms with E-state index in [0.717, 1.165) is 54.2 Å². The summed E-state index contributed by atoms with van der Waals surface area (Å²) >= 11 is 7.67. The first-order chi connectivity index (χ1) is 16.9. The molecule has 6 nitrogen and oxygen atoms in total. The molecule has 0 unspecified atom stereocenters. The van der Waals surface area contributed by atoms with Gasteiger partial charge in [-0.05, 0) is 53.4 Å². The van der Waals surface area contributed by atoms with Gasteiger partial charge in [0.2, 0.25) is 0 Å². The Kier molecular flexibility index (Phi) is 6.19. The first kappa shape index (κ1) is 23.0. The van der Waals surface area contributed by atoms with Crippen molar-refractivity contribution in [2.75, 3.05) is 7.11 Å². The Morgan fingerprint density at radius 3 is 2.40 bits per heavy atom. The lowest BCUT2D eigenvalue weighted by Gasteiger charge is -2.13. The van der Waals surface area contributed by atoms with Gasteiger partial charge in [0, 0.05) is 34.1 Å². The number of hydrogen-bond acceptors (Lipinski definition) is 6. The van der Waals surface area contributed by atoms with Crippen molar-refractivity contribution in [1.29, 1.82) is 0 Å². The van der Waals surface area contributed by atoms with Gasteiger partial charge in [-0.2, -0.15) is 0 Å². The Hall–Kier alpha value is -3.81. The van der Waals surface area contributed by atoms with Crippen LogP contribution in [0.2, 0.25) is 5.02 Å². The van der Waals surface area contributed by atoms with Crippen molar-refractivity contribution >= 4 is 39.1 Å². The van der Waals surface area contributed by atoms with Crippen molar-refractivity contribution in [2.24, 2.45) is 0 Å². The topological polar surface area (TPSA) is 85.2 Å². The van der Waals surface area contributed by atoms with Gasteiger partial charge in [0.25, 0.3) is 0 Å². The van der Waals surface area contributed by atoms with E-state index in [-0.39, 0.29) is 6.42 Å². The second-order valence-corrected chi connectivity index (χ2v) is 9.47. The molecule has 2 heterocycles. The first-order valence-electron chi connectivity index (χ1n) is 10.8. The van der Waals surface area contributed by atoms with Gasteiger partial charge in [0.05, 0.1) is 23.7 Å². The molecule has 174 valence electrons. The highest BCUT2D eigenvalue weighted by Crippen LogP contribution is 2.41. The van der Waals surface area contributed by atoms with Gasteiger partial charge >= 0.3 is 12.0 Å². The van der Waals surface area contributed by atoms with Gasteiger partial charge in [-0.3, -0.25) is 4.79 Å². The average Bonchev–Trinajstić information content (AvgIpc) is 3.28. The lowest BCUT2D eigenvalue weighted by molar-refractivity contribution is -0.136. The van der Waals surface area contributed by atoms with Crippen LogP contribution in [0.4, 0.5) is 0 Å². The SMILES string of the molecule is COc1ncc(-c2cccc(-c3nc4cc(C)c(CC(=O)O)c(-c5ccc(Cl)cc5)c4s3)c2)cn1. The molecule has 5 aromatic rings. The largest absolute Gasteiger partial charge is 0.481 e. The quantitative estimate of drug-likeness (QED) is 0.279. The molecule has 3 aromatic carbocycles. The molecule has 0 saturated heterocycles. The molecule has 8 heteroatoms. The van der Waals surface area contributed by atoms with Crippen LogP contribution in [0.3, 0.4) is 0 Å². The van der Waals surface area contributed by atoms with Crippen LogP contribution in [0.1, 0.15) is 11.1 Å². The number of aliphatic carboxylic acids is 1. The van der Waals surface area contributed by atoms with Gasteiger partial charge in [0.15, 0.2) is 0 Å². The number of nitrogens with zero attached hydrogens (tertiary/aromatic N) is 3. The molecule has 1 N–H and O–H groups in total. The molecule has 0 aliphatic heterocycles. The summed E-state index contributed by atoms with van der Waals surface area (Å²) < 4.78 is 6.00. The van der Waals surface area contributed by atoms with Crippen molar-refractivity contribution in [3.05, 3.63) is 83.1 Å². The zero-order valence-corrected chi connectivity index (χ0v) is 20.5. The third-order valence-corrected chi connectivity index (χ3v) is 7.12. The van der Waals surface area contributed by atoms with E-state index < -0.39 is 5.97 Å². The monoisotopic (exact) mass is 501 g/mol. The maximum Gasteiger partial charge on any atom is 0.316 e. The van der Waals surface area contributed by atoms with E-state index >= 15 is 0 Å². The summed E-state index contributed by atoms with van der Waals surface area (Å²) in [6.45, 7) is 1.93. The lowest BCUT2D eigenvalue weighted by atomic mass is 9.93. The van der Waals surface area contributed by atoms with E-state index in [1.54, 1.807) is 23.7 Å². The number of hydrogen-bond donors (Lipinski definition) is 1. The van der Waals surface area contributed by atoms with Gasteiger partial charge in [-0.15, -0.1) is 11.3 Å². The number of carboxylic acid groups (broad SMARTS) is 1. The third-order valence-electron chi connectivity index (χ3n) is 5.73.